The van der Waals surface area contributed by atoms with Crippen molar-refractivity contribution in [3.05, 3.63) is 0 Å². The fourth-order valence-electron chi connectivity index (χ4n) is 1.61. The van der Waals surface area contributed by atoms with E-state index in [2.05, 4.69) is 6.92 Å². The molecule has 0 saturated heterocycles. The van der Waals surface area contributed by atoms with Gasteiger partial charge in [0.2, 0.25) is 0 Å². The standard InChI is InChI=1S/C14H26O5/c1-5-6-7-8-9-18-13(16)14(3,10-17-4)11-19-12(2)15/h5-11H2,1-4H3. The molecule has 0 aliphatic rings. The molecule has 0 fully saturated rings. The van der Waals surface area contributed by atoms with Crippen molar-refractivity contribution in [2.24, 2.45) is 5.41 Å². The number of hydrogen-bond acceptors (Lipinski definition) is 5. The Kier molecular flexibility index (Phi) is 9.21. The highest BCUT2D eigenvalue weighted by Crippen LogP contribution is 2.20. The molecule has 0 spiro atoms. The minimum Gasteiger partial charge on any atom is -0.465 e. The van der Waals surface area contributed by atoms with E-state index in [9.17, 15) is 9.59 Å². The average molecular weight is 274 g/mol. The van der Waals surface area contributed by atoms with Crippen LogP contribution in [-0.2, 0) is 23.8 Å². The van der Waals surface area contributed by atoms with E-state index in [1.54, 1.807) is 6.92 Å². The first kappa shape index (κ1) is 17.9. The van der Waals surface area contributed by atoms with Gasteiger partial charge in [-0.3, -0.25) is 9.59 Å². The van der Waals surface area contributed by atoms with Gasteiger partial charge >= 0.3 is 11.9 Å². The molecule has 0 aliphatic heterocycles. The average Bonchev–Trinajstić information content (AvgIpc) is 2.36. The molecule has 0 heterocycles. The number of carbonyl (C=O) groups is 2. The largest absolute Gasteiger partial charge is 0.465 e. The zero-order valence-electron chi connectivity index (χ0n) is 12.5. The number of esters is 2. The van der Waals surface area contributed by atoms with E-state index >= 15 is 0 Å². The van der Waals surface area contributed by atoms with Crippen molar-refractivity contribution >= 4 is 11.9 Å². The zero-order valence-corrected chi connectivity index (χ0v) is 12.5. The zero-order chi connectivity index (χ0) is 14.7. The molecular formula is C14H26O5. The van der Waals surface area contributed by atoms with E-state index in [1.165, 1.54) is 14.0 Å². The lowest BCUT2D eigenvalue weighted by atomic mass is 9.93. The van der Waals surface area contributed by atoms with Gasteiger partial charge in [-0.05, 0) is 13.3 Å². The summed E-state index contributed by atoms with van der Waals surface area (Å²) in [5.74, 6) is -0.801. The van der Waals surface area contributed by atoms with Gasteiger partial charge in [0.05, 0.1) is 13.2 Å². The second-order valence-electron chi connectivity index (χ2n) is 4.97. The number of unbranched alkanes of at least 4 members (excludes halogenated alkanes) is 3. The van der Waals surface area contributed by atoms with Gasteiger partial charge in [-0.2, -0.15) is 0 Å². The van der Waals surface area contributed by atoms with Crippen molar-refractivity contribution in [3.8, 4) is 0 Å². The molecule has 1 unspecified atom stereocenters. The van der Waals surface area contributed by atoms with Crippen molar-refractivity contribution < 1.29 is 23.8 Å². The third kappa shape index (κ3) is 7.82. The number of carbonyl (C=O) groups excluding carboxylic acids is 2. The van der Waals surface area contributed by atoms with Crippen molar-refractivity contribution in [3.63, 3.8) is 0 Å². The topological polar surface area (TPSA) is 61.8 Å². The van der Waals surface area contributed by atoms with Crippen LogP contribution in [-0.4, -0.2) is 38.9 Å². The first-order chi connectivity index (χ1) is 8.96. The Morgan fingerprint density at radius 3 is 2.26 bits per heavy atom. The Morgan fingerprint density at radius 2 is 1.74 bits per heavy atom. The molecule has 0 aromatic rings. The molecule has 19 heavy (non-hydrogen) atoms. The molecule has 0 aromatic heterocycles. The van der Waals surface area contributed by atoms with E-state index in [0.29, 0.717) is 6.61 Å². The van der Waals surface area contributed by atoms with Crippen molar-refractivity contribution in [1.29, 1.82) is 0 Å². The molecule has 5 heteroatoms. The number of methoxy groups -OCH3 is 1. The molecule has 0 N–H and O–H groups in total. The molecule has 5 nitrogen and oxygen atoms in total. The molecule has 0 bridgehead atoms. The highest BCUT2D eigenvalue weighted by Gasteiger charge is 2.36. The molecule has 0 saturated carbocycles. The number of ether oxygens (including phenoxy) is 3. The second-order valence-corrected chi connectivity index (χ2v) is 4.97. The molecule has 0 rings (SSSR count). The van der Waals surface area contributed by atoms with Gasteiger partial charge in [-0.15, -0.1) is 0 Å². The molecular weight excluding hydrogens is 248 g/mol. The van der Waals surface area contributed by atoms with Crippen LogP contribution >= 0.6 is 0 Å². The van der Waals surface area contributed by atoms with Crippen LogP contribution < -0.4 is 0 Å². The van der Waals surface area contributed by atoms with E-state index in [0.717, 1.165) is 25.7 Å². The van der Waals surface area contributed by atoms with Crippen LogP contribution in [0.1, 0.15) is 46.5 Å². The molecule has 0 aliphatic carbocycles. The fourth-order valence-corrected chi connectivity index (χ4v) is 1.61. The highest BCUT2D eigenvalue weighted by atomic mass is 16.6. The maximum atomic E-state index is 12.0. The lowest BCUT2D eigenvalue weighted by Gasteiger charge is -2.25. The van der Waals surface area contributed by atoms with E-state index in [-0.39, 0.29) is 19.2 Å². The second kappa shape index (κ2) is 9.78. The molecule has 1 atom stereocenters. The van der Waals surface area contributed by atoms with Gasteiger partial charge in [-0.1, -0.05) is 26.2 Å². The first-order valence-corrected chi connectivity index (χ1v) is 6.75. The van der Waals surface area contributed by atoms with Gasteiger partial charge in [0, 0.05) is 14.0 Å². The summed E-state index contributed by atoms with van der Waals surface area (Å²) in [5.41, 5.74) is -0.939. The summed E-state index contributed by atoms with van der Waals surface area (Å²) in [7, 11) is 1.50. The Hall–Kier alpha value is -1.10. The summed E-state index contributed by atoms with van der Waals surface area (Å²) >= 11 is 0. The van der Waals surface area contributed by atoms with E-state index in [4.69, 9.17) is 14.2 Å². The molecule has 0 aromatic carbocycles. The van der Waals surface area contributed by atoms with Crippen LogP contribution in [0.25, 0.3) is 0 Å². The van der Waals surface area contributed by atoms with Gasteiger partial charge in [-0.25, -0.2) is 0 Å². The van der Waals surface area contributed by atoms with Gasteiger partial charge in [0.25, 0.3) is 0 Å². The molecule has 0 radical (unpaired) electrons. The van der Waals surface area contributed by atoms with E-state index in [1.807, 2.05) is 0 Å². The third-order valence-electron chi connectivity index (χ3n) is 2.78. The van der Waals surface area contributed by atoms with Crippen LogP contribution in [0.5, 0.6) is 0 Å². The normalized spacial score (nSPS) is 13.7. The predicted octanol–water partition coefficient (Wildman–Crippen LogP) is 2.33. The van der Waals surface area contributed by atoms with E-state index < -0.39 is 11.4 Å². The summed E-state index contributed by atoms with van der Waals surface area (Å²) < 4.78 is 15.1. The quantitative estimate of drug-likeness (QED) is 0.452. The lowest BCUT2D eigenvalue weighted by molar-refractivity contribution is -0.166. The maximum absolute atomic E-state index is 12.0. The highest BCUT2D eigenvalue weighted by molar-refractivity contribution is 5.77. The molecule has 112 valence electrons. The monoisotopic (exact) mass is 274 g/mol. The van der Waals surface area contributed by atoms with Crippen LogP contribution in [0.2, 0.25) is 0 Å². The summed E-state index contributed by atoms with van der Waals surface area (Å²) in [5, 5.41) is 0. The minimum atomic E-state index is -0.939. The van der Waals surface area contributed by atoms with Crippen LogP contribution in [0.3, 0.4) is 0 Å². The van der Waals surface area contributed by atoms with Gasteiger partial charge in [0.1, 0.15) is 12.0 Å². The van der Waals surface area contributed by atoms with Crippen molar-refractivity contribution in [2.45, 2.75) is 46.5 Å². The predicted molar refractivity (Wildman–Crippen MR) is 71.7 cm³/mol. The van der Waals surface area contributed by atoms with Crippen LogP contribution in [0.4, 0.5) is 0 Å². The number of hydrogen-bond donors (Lipinski definition) is 0. The van der Waals surface area contributed by atoms with Gasteiger partial charge in [0.15, 0.2) is 0 Å². The maximum Gasteiger partial charge on any atom is 0.317 e. The smallest absolute Gasteiger partial charge is 0.317 e. The Balaban J connectivity index is 4.19. The van der Waals surface area contributed by atoms with Crippen LogP contribution in [0.15, 0.2) is 0 Å². The van der Waals surface area contributed by atoms with Gasteiger partial charge < -0.3 is 14.2 Å². The summed E-state index contributed by atoms with van der Waals surface area (Å²) in [4.78, 5) is 22.8. The van der Waals surface area contributed by atoms with Crippen molar-refractivity contribution in [1.82, 2.24) is 0 Å². The van der Waals surface area contributed by atoms with Crippen LogP contribution in [0, 0.1) is 5.41 Å². The SMILES string of the molecule is CCCCCCOC(=O)C(C)(COC)COC(C)=O. The summed E-state index contributed by atoms with van der Waals surface area (Å²) in [6.45, 7) is 5.65. The first-order valence-electron chi connectivity index (χ1n) is 6.75. The fraction of sp³-hybridized carbons (Fsp3) is 0.857. The third-order valence-corrected chi connectivity index (χ3v) is 2.78. The van der Waals surface area contributed by atoms with Crippen molar-refractivity contribution in [2.75, 3.05) is 26.9 Å². The summed E-state index contributed by atoms with van der Waals surface area (Å²) in [6.07, 6.45) is 4.19. The summed E-state index contributed by atoms with van der Waals surface area (Å²) in [6, 6.07) is 0. The number of rotatable bonds is 10. The lowest BCUT2D eigenvalue weighted by Crippen LogP contribution is -2.39. The minimum absolute atomic E-state index is 0.0238. The Morgan fingerprint density at radius 1 is 1.05 bits per heavy atom. The Labute approximate surface area is 115 Å². The Bertz CT molecular complexity index is 277. The molecule has 0 amide bonds.